The van der Waals surface area contributed by atoms with Crippen molar-refractivity contribution in [3.8, 4) is 11.5 Å². The van der Waals surface area contributed by atoms with Crippen molar-refractivity contribution >= 4 is 28.9 Å². The number of hydrogen-bond donors (Lipinski definition) is 0. The highest BCUT2D eigenvalue weighted by atomic mass is 32.1. The fourth-order valence-corrected chi connectivity index (χ4v) is 4.33. The van der Waals surface area contributed by atoms with E-state index < -0.39 is 41.7 Å². The maximum absolute atomic E-state index is 13.9. The third-order valence-electron chi connectivity index (χ3n) is 5.26. The molecule has 0 aliphatic carbocycles. The molecule has 2 heterocycles. The molecule has 34 heavy (non-hydrogen) atoms. The van der Waals surface area contributed by atoms with Gasteiger partial charge in [-0.1, -0.05) is 18.2 Å². The predicted octanol–water partition coefficient (Wildman–Crippen LogP) is 4.58. The quantitative estimate of drug-likeness (QED) is 0.457. The number of halogens is 2. The van der Waals surface area contributed by atoms with Crippen molar-refractivity contribution in [1.29, 1.82) is 0 Å². The highest BCUT2D eigenvalue weighted by Gasteiger charge is 2.34. The molecule has 0 saturated carbocycles. The van der Waals surface area contributed by atoms with Gasteiger partial charge in [0.25, 0.3) is 5.91 Å². The lowest BCUT2D eigenvalue weighted by atomic mass is 10.0. The van der Waals surface area contributed by atoms with Crippen LogP contribution in [-0.4, -0.2) is 43.4 Å². The fourth-order valence-electron chi connectivity index (χ4n) is 3.61. The first-order chi connectivity index (χ1) is 16.4. The number of amides is 1. The van der Waals surface area contributed by atoms with Crippen LogP contribution in [0.3, 0.4) is 0 Å². The summed E-state index contributed by atoms with van der Waals surface area (Å²) < 4.78 is 43.3. The van der Waals surface area contributed by atoms with Crippen molar-refractivity contribution in [3.05, 3.63) is 81.5 Å². The number of methoxy groups -OCH3 is 2. The van der Waals surface area contributed by atoms with Crippen LogP contribution in [0.5, 0.6) is 11.5 Å². The minimum absolute atomic E-state index is 0.414. The molecule has 0 fully saturated rings. The Morgan fingerprint density at radius 1 is 1.06 bits per heavy atom. The average molecular weight is 486 g/mol. The number of rotatable bonds is 7. The first kappa shape index (κ1) is 23.4. The monoisotopic (exact) mass is 486 g/mol. The summed E-state index contributed by atoms with van der Waals surface area (Å²) in [5.74, 6) is -3.04. The SMILES string of the molecule is COc1ccc([C@@H]2CC(c3cccs3)=NN2C(=O)COC(=O)c2c(F)cccc2F)cc1OC. The summed E-state index contributed by atoms with van der Waals surface area (Å²) in [7, 11) is 3.03. The number of ether oxygens (including phenoxy) is 3. The van der Waals surface area contributed by atoms with Gasteiger partial charge >= 0.3 is 5.97 Å². The van der Waals surface area contributed by atoms with E-state index >= 15 is 0 Å². The Morgan fingerprint density at radius 3 is 2.44 bits per heavy atom. The van der Waals surface area contributed by atoms with Crippen molar-refractivity contribution in [2.75, 3.05) is 20.8 Å². The lowest BCUT2D eigenvalue weighted by Gasteiger charge is -2.22. The lowest BCUT2D eigenvalue weighted by molar-refractivity contribution is -0.136. The van der Waals surface area contributed by atoms with Gasteiger partial charge in [0.2, 0.25) is 0 Å². The van der Waals surface area contributed by atoms with Gasteiger partial charge in [0.05, 0.1) is 30.9 Å². The van der Waals surface area contributed by atoms with Gasteiger partial charge in [0.1, 0.15) is 17.2 Å². The zero-order chi connectivity index (χ0) is 24.2. The molecule has 1 aliphatic rings. The number of hydrogen-bond acceptors (Lipinski definition) is 7. The first-order valence-electron chi connectivity index (χ1n) is 10.2. The van der Waals surface area contributed by atoms with Gasteiger partial charge in [-0.05, 0) is 41.3 Å². The molecule has 1 aromatic heterocycles. The molecular formula is C24H20F2N2O5S. The molecule has 1 amide bonds. The maximum Gasteiger partial charge on any atom is 0.344 e. The maximum atomic E-state index is 13.9. The van der Waals surface area contributed by atoms with Crippen LogP contribution < -0.4 is 9.47 Å². The van der Waals surface area contributed by atoms with E-state index in [1.165, 1.54) is 30.6 Å². The molecule has 0 bridgehead atoms. The highest BCUT2D eigenvalue weighted by Crippen LogP contribution is 2.37. The van der Waals surface area contributed by atoms with E-state index in [4.69, 9.17) is 14.2 Å². The Kier molecular flexibility index (Phi) is 6.87. The number of benzene rings is 2. The van der Waals surface area contributed by atoms with E-state index in [1.54, 1.807) is 18.2 Å². The molecule has 1 aliphatic heterocycles. The molecule has 1 atom stereocenters. The Bertz CT molecular complexity index is 1230. The summed E-state index contributed by atoms with van der Waals surface area (Å²) in [6.07, 6.45) is 0.414. The minimum atomic E-state index is -1.27. The van der Waals surface area contributed by atoms with Gasteiger partial charge in [-0.2, -0.15) is 5.10 Å². The van der Waals surface area contributed by atoms with Crippen LogP contribution in [0.15, 0.2) is 59.0 Å². The van der Waals surface area contributed by atoms with Gasteiger partial charge in [0.15, 0.2) is 18.1 Å². The van der Waals surface area contributed by atoms with Crippen LogP contribution in [0, 0.1) is 11.6 Å². The third-order valence-corrected chi connectivity index (χ3v) is 6.18. The van der Waals surface area contributed by atoms with E-state index in [2.05, 4.69) is 5.10 Å². The van der Waals surface area contributed by atoms with Crippen molar-refractivity contribution in [2.24, 2.45) is 5.10 Å². The van der Waals surface area contributed by atoms with Gasteiger partial charge in [-0.25, -0.2) is 18.6 Å². The molecule has 2 aromatic carbocycles. The van der Waals surface area contributed by atoms with Gasteiger partial charge in [-0.3, -0.25) is 4.79 Å². The average Bonchev–Trinajstić information content (AvgIpc) is 3.52. The Balaban J connectivity index is 1.58. The number of nitrogens with zero attached hydrogens (tertiary/aromatic N) is 2. The van der Waals surface area contributed by atoms with Crippen LogP contribution in [0.4, 0.5) is 8.78 Å². The summed E-state index contributed by atoms with van der Waals surface area (Å²) in [6.45, 7) is -0.738. The Morgan fingerprint density at radius 2 is 1.79 bits per heavy atom. The Hall–Kier alpha value is -3.79. The summed E-state index contributed by atoms with van der Waals surface area (Å²) in [6, 6.07) is 11.5. The van der Waals surface area contributed by atoms with Crippen LogP contribution in [0.1, 0.15) is 33.3 Å². The zero-order valence-corrected chi connectivity index (χ0v) is 19.1. The second kappa shape index (κ2) is 10.0. The van der Waals surface area contributed by atoms with Gasteiger partial charge in [-0.15, -0.1) is 11.3 Å². The van der Waals surface area contributed by atoms with Crippen LogP contribution in [0.2, 0.25) is 0 Å². The Labute approximate surface area is 198 Å². The highest BCUT2D eigenvalue weighted by molar-refractivity contribution is 7.12. The van der Waals surface area contributed by atoms with Crippen molar-refractivity contribution in [2.45, 2.75) is 12.5 Å². The number of thiophene rings is 1. The molecule has 3 aromatic rings. The molecule has 10 heteroatoms. The molecule has 0 spiro atoms. The third kappa shape index (κ3) is 4.62. The molecular weight excluding hydrogens is 466 g/mol. The largest absolute Gasteiger partial charge is 0.493 e. The molecule has 0 N–H and O–H groups in total. The number of carbonyl (C=O) groups is 2. The number of carbonyl (C=O) groups excluding carboxylic acids is 2. The van der Waals surface area contributed by atoms with Crippen molar-refractivity contribution in [1.82, 2.24) is 5.01 Å². The number of esters is 1. The molecule has 176 valence electrons. The van der Waals surface area contributed by atoms with E-state index in [9.17, 15) is 18.4 Å². The molecule has 0 saturated heterocycles. The molecule has 7 nitrogen and oxygen atoms in total. The van der Waals surface area contributed by atoms with Gasteiger partial charge < -0.3 is 14.2 Å². The minimum Gasteiger partial charge on any atom is -0.493 e. The van der Waals surface area contributed by atoms with Crippen LogP contribution >= 0.6 is 11.3 Å². The lowest BCUT2D eigenvalue weighted by Crippen LogP contribution is -2.31. The molecule has 0 radical (unpaired) electrons. The van der Waals surface area contributed by atoms with Crippen LogP contribution in [-0.2, 0) is 9.53 Å². The van der Waals surface area contributed by atoms with E-state index in [0.717, 1.165) is 28.6 Å². The molecule has 0 unspecified atom stereocenters. The topological polar surface area (TPSA) is 77.4 Å². The van der Waals surface area contributed by atoms with Gasteiger partial charge in [0, 0.05) is 6.42 Å². The summed E-state index contributed by atoms with van der Waals surface area (Å²) >= 11 is 1.48. The summed E-state index contributed by atoms with van der Waals surface area (Å²) in [5.41, 5.74) is 0.568. The molecule has 4 rings (SSSR count). The van der Waals surface area contributed by atoms with Crippen LogP contribution in [0.25, 0.3) is 0 Å². The standard InChI is InChI=1S/C24H20F2N2O5S/c1-31-19-9-8-14(11-20(19)32-2)18-12-17(21-7-4-10-34-21)27-28(18)22(29)13-33-24(30)23-15(25)5-3-6-16(23)26/h3-11,18H,12-13H2,1-2H3/t18-/m0/s1. The van der Waals surface area contributed by atoms with Crippen molar-refractivity contribution in [3.63, 3.8) is 0 Å². The second-order valence-corrected chi connectivity index (χ2v) is 8.22. The number of hydrazone groups is 1. The van der Waals surface area contributed by atoms with E-state index in [1.807, 2.05) is 17.5 Å². The van der Waals surface area contributed by atoms with E-state index in [0.29, 0.717) is 23.6 Å². The van der Waals surface area contributed by atoms with E-state index in [-0.39, 0.29) is 0 Å². The summed E-state index contributed by atoms with van der Waals surface area (Å²) in [4.78, 5) is 26.1. The second-order valence-electron chi connectivity index (χ2n) is 7.27. The van der Waals surface area contributed by atoms with Crippen molar-refractivity contribution < 1.29 is 32.6 Å². The fraction of sp³-hybridized carbons (Fsp3) is 0.208. The summed E-state index contributed by atoms with van der Waals surface area (Å²) in [5, 5.41) is 7.60. The normalized spacial score (nSPS) is 15.1. The zero-order valence-electron chi connectivity index (χ0n) is 18.3. The smallest absolute Gasteiger partial charge is 0.344 e. The predicted molar refractivity (Wildman–Crippen MR) is 121 cm³/mol. The first-order valence-corrected chi connectivity index (χ1v) is 11.1.